The third kappa shape index (κ3) is 2.73. The van der Waals surface area contributed by atoms with Crippen molar-refractivity contribution in [2.75, 3.05) is 7.11 Å². The zero-order valence-corrected chi connectivity index (χ0v) is 7.97. The maximum atomic E-state index is 10.4. The molecule has 13 heavy (non-hydrogen) atoms. The van der Waals surface area contributed by atoms with Gasteiger partial charge in [-0.25, -0.2) is 0 Å². The van der Waals surface area contributed by atoms with E-state index in [1.165, 1.54) is 21.0 Å². The second kappa shape index (κ2) is 4.66. The molecule has 0 rings (SSSR count). The molecule has 0 aromatic rings. The quantitative estimate of drug-likeness (QED) is 0.471. The molecule has 0 saturated heterocycles. The monoisotopic (exact) mass is 192 g/mol. The Labute approximate surface area is 77.0 Å². The molecule has 3 N–H and O–H groups in total. The second-order valence-corrected chi connectivity index (χ2v) is 3.20. The van der Waals surface area contributed by atoms with Crippen molar-refractivity contribution in [1.29, 1.82) is 0 Å². The van der Waals surface area contributed by atoms with E-state index in [1.807, 2.05) is 0 Å². The number of methoxy groups -OCH3 is 1. The lowest BCUT2D eigenvalue weighted by Crippen LogP contribution is -2.55. The molecule has 0 aliphatic heterocycles. The van der Waals surface area contributed by atoms with Gasteiger partial charge in [0.1, 0.15) is 17.8 Å². The van der Waals surface area contributed by atoms with Crippen LogP contribution in [0, 0.1) is 0 Å². The molecule has 0 fully saturated rings. The lowest BCUT2D eigenvalue weighted by molar-refractivity contribution is -0.172. The van der Waals surface area contributed by atoms with E-state index in [0.717, 1.165) is 0 Å². The summed E-state index contributed by atoms with van der Waals surface area (Å²) in [5, 5.41) is 28.0. The molecule has 0 radical (unpaired) electrons. The highest BCUT2D eigenvalue weighted by Gasteiger charge is 2.41. The van der Waals surface area contributed by atoms with Crippen molar-refractivity contribution in [2.24, 2.45) is 0 Å². The van der Waals surface area contributed by atoms with Crippen LogP contribution in [0.4, 0.5) is 0 Å². The van der Waals surface area contributed by atoms with E-state index in [-0.39, 0.29) is 0 Å². The van der Waals surface area contributed by atoms with Crippen molar-refractivity contribution >= 4 is 6.29 Å². The Morgan fingerprint density at radius 2 is 1.92 bits per heavy atom. The third-order valence-corrected chi connectivity index (χ3v) is 2.01. The summed E-state index contributed by atoms with van der Waals surface area (Å²) in [6.45, 7) is 2.55. The molecule has 5 heteroatoms. The summed E-state index contributed by atoms with van der Waals surface area (Å²) in [7, 11) is 1.24. The highest BCUT2D eigenvalue weighted by atomic mass is 16.5. The van der Waals surface area contributed by atoms with Crippen molar-refractivity contribution in [2.45, 2.75) is 37.8 Å². The molecule has 0 saturated carbocycles. The molecule has 0 bridgehead atoms. The van der Waals surface area contributed by atoms with Gasteiger partial charge in [0.2, 0.25) is 0 Å². The standard InChI is InChI=1S/C8H16O5/c1-5(10)7(11)8(2,12)6(4-9)13-3/h4-7,10-12H,1-3H3/t5-,6-,7+,8-/m1/s1. The number of hydrogen-bond acceptors (Lipinski definition) is 5. The molecule has 0 heterocycles. The fourth-order valence-electron chi connectivity index (χ4n) is 1.09. The van der Waals surface area contributed by atoms with E-state index in [1.54, 1.807) is 0 Å². The largest absolute Gasteiger partial charge is 0.391 e. The van der Waals surface area contributed by atoms with Crippen LogP contribution in [-0.2, 0) is 9.53 Å². The van der Waals surface area contributed by atoms with Gasteiger partial charge in [-0.2, -0.15) is 0 Å². The van der Waals surface area contributed by atoms with Crippen molar-refractivity contribution in [3.63, 3.8) is 0 Å². The SMILES string of the molecule is CO[C@H](C=O)[C@@](C)(O)[C@@H](O)[C@@H](C)O. The molecule has 0 aromatic carbocycles. The van der Waals surface area contributed by atoms with Crippen LogP contribution in [0.3, 0.4) is 0 Å². The molecule has 5 nitrogen and oxygen atoms in total. The minimum Gasteiger partial charge on any atom is -0.391 e. The van der Waals surface area contributed by atoms with E-state index < -0.39 is 23.9 Å². The number of aliphatic hydroxyl groups is 3. The summed E-state index contributed by atoms with van der Waals surface area (Å²) >= 11 is 0. The fraction of sp³-hybridized carbons (Fsp3) is 0.875. The van der Waals surface area contributed by atoms with Crippen LogP contribution in [0.2, 0.25) is 0 Å². The lowest BCUT2D eigenvalue weighted by atomic mass is 9.90. The van der Waals surface area contributed by atoms with Gasteiger partial charge < -0.3 is 24.9 Å². The summed E-state index contributed by atoms with van der Waals surface area (Å²) < 4.78 is 4.65. The maximum Gasteiger partial charge on any atom is 0.151 e. The van der Waals surface area contributed by atoms with Crippen LogP contribution in [0.25, 0.3) is 0 Å². The number of aldehydes is 1. The number of hydrogen-bond donors (Lipinski definition) is 3. The van der Waals surface area contributed by atoms with Gasteiger partial charge >= 0.3 is 0 Å². The van der Waals surface area contributed by atoms with E-state index in [0.29, 0.717) is 6.29 Å². The molecule has 0 aliphatic rings. The number of aliphatic hydroxyl groups excluding tert-OH is 2. The van der Waals surface area contributed by atoms with Gasteiger partial charge in [0, 0.05) is 7.11 Å². The Kier molecular flexibility index (Phi) is 4.49. The second-order valence-electron chi connectivity index (χ2n) is 3.20. The number of rotatable bonds is 5. The normalized spacial score (nSPS) is 22.9. The van der Waals surface area contributed by atoms with E-state index in [4.69, 9.17) is 5.11 Å². The molecule has 0 aliphatic carbocycles. The van der Waals surface area contributed by atoms with Crippen molar-refractivity contribution < 1.29 is 24.9 Å². The molecule has 0 unspecified atom stereocenters. The molecule has 0 spiro atoms. The molecule has 0 aromatic heterocycles. The molecule has 4 atom stereocenters. The van der Waals surface area contributed by atoms with Crippen molar-refractivity contribution in [1.82, 2.24) is 0 Å². The van der Waals surface area contributed by atoms with Gasteiger partial charge in [0.25, 0.3) is 0 Å². The Balaban J connectivity index is 4.60. The predicted octanol–water partition coefficient (Wildman–Crippen LogP) is -1.31. The first-order valence-corrected chi connectivity index (χ1v) is 3.94. The van der Waals surface area contributed by atoms with Crippen LogP contribution in [-0.4, -0.2) is 52.6 Å². The van der Waals surface area contributed by atoms with E-state index in [9.17, 15) is 15.0 Å². The predicted molar refractivity (Wildman–Crippen MR) is 45.2 cm³/mol. The Hall–Kier alpha value is -0.490. The first-order chi connectivity index (χ1) is 5.87. The van der Waals surface area contributed by atoms with Crippen molar-refractivity contribution in [3.8, 4) is 0 Å². The lowest BCUT2D eigenvalue weighted by Gasteiger charge is -2.34. The van der Waals surface area contributed by atoms with E-state index in [2.05, 4.69) is 4.74 Å². The smallest absolute Gasteiger partial charge is 0.151 e. The summed E-state index contributed by atoms with van der Waals surface area (Å²) in [5.41, 5.74) is -1.79. The minimum absolute atomic E-state index is 0.381. The molecular formula is C8H16O5. The van der Waals surface area contributed by atoms with Crippen LogP contribution >= 0.6 is 0 Å². The van der Waals surface area contributed by atoms with Gasteiger partial charge in [-0.1, -0.05) is 0 Å². The Morgan fingerprint density at radius 1 is 1.46 bits per heavy atom. The number of carbonyl (C=O) groups excluding carboxylic acids is 1. The zero-order valence-electron chi connectivity index (χ0n) is 7.97. The van der Waals surface area contributed by atoms with Crippen molar-refractivity contribution in [3.05, 3.63) is 0 Å². The average molecular weight is 192 g/mol. The van der Waals surface area contributed by atoms with Crippen LogP contribution in [0.5, 0.6) is 0 Å². The minimum atomic E-state index is -1.79. The van der Waals surface area contributed by atoms with Gasteiger partial charge in [0.15, 0.2) is 6.29 Å². The summed E-state index contributed by atoms with van der Waals surface area (Å²) in [6.07, 6.45) is -3.33. The third-order valence-electron chi connectivity index (χ3n) is 2.01. The van der Waals surface area contributed by atoms with Crippen LogP contribution in [0.15, 0.2) is 0 Å². The van der Waals surface area contributed by atoms with Gasteiger partial charge in [-0.05, 0) is 13.8 Å². The van der Waals surface area contributed by atoms with Gasteiger partial charge in [-0.3, -0.25) is 0 Å². The highest BCUT2D eigenvalue weighted by molar-refractivity contribution is 5.58. The number of ether oxygens (including phenoxy) is 1. The fourth-order valence-corrected chi connectivity index (χ4v) is 1.09. The van der Waals surface area contributed by atoms with Gasteiger partial charge in [-0.15, -0.1) is 0 Å². The van der Waals surface area contributed by atoms with E-state index >= 15 is 0 Å². The molecule has 78 valence electrons. The van der Waals surface area contributed by atoms with Gasteiger partial charge in [0.05, 0.1) is 6.10 Å². The zero-order chi connectivity index (χ0) is 10.6. The first kappa shape index (κ1) is 12.5. The van der Waals surface area contributed by atoms with Crippen LogP contribution in [0.1, 0.15) is 13.8 Å². The number of carbonyl (C=O) groups is 1. The average Bonchev–Trinajstić information content (AvgIpc) is 2.04. The maximum absolute atomic E-state index is 10.4. The summed E-state index contributed by atoms with van der Waals surface area (Å²) in [5.74, 6) is 0. The summed E-state index contributed by atoms with van der Waals surface area (Å²) in [4.78, 5) is 10.4. The highest BCUT2D eigenvalue weighted by Crippen LogP contribution is 2.18. The van der Waals surface area contributed by atoms with Crippen LogP contribution < -0.4 is 0 Å². The molecular weight excluding hydrogens is 176 g/mol. The summed E-state index contributed by atoms with van der Waals surface area (Å²) in [6, 6.07) is 0. The Morgan fingerprint density at radius 3 is 2.15 bits per heavy atom. The topological polar surface area (TPSA) is 87.0 Å². The first-order valence-electron chi connectivity index (χ1n) is 3.94. The Bertz CT molecular complexity index is 166. The molecule has 0 amide bonds.